The highest BCUT2D eigenvalue weighted by Crippen LogP contribution is 2.29. The molecule has 2 aromatic carbocycles. The van der Waals surface area contributed by atoms with E-state index < -0.39 is 0 Å². The minimum absolute atomic E-state index is 0.662. The lowest BCUT2D eigenvalue weighted by Gasteiger charge is -2.09. The fourth-order valence-corrected chi connectivity index (χ4v) is 2.36. The fourth-order valence-electron chi connectivity index (χ4n) is 2.36. The van der Waals surface area contributed by atoms with Crippen LogP contribution in [0.25, 0.3) is 22.4 Å². The molecule has 0 saturated carbocycles. The van der Waals surface area contributed by atoms with Crippen LogP contribution in [0.3, 0.4) is 0 Å². The number of nitriles is 1. The Hall–Kier alpha value is -2.92. The van der Waals surface area contributed by atoms with E-state index in [2.05, 4.69) is 18.0 Å². The van der Waals surface area contributed by atoms with E-state index in [9.17, 15) is 5.26 Å². The zero-order valence-corrected chi connectivity index (χ0v) is 11.5. The van der Waals surface area contributed by atoms with Crippen LogP contribution >= 0.6 is 0 Å². The predicted molar refractivity (Wildman–Crippen MR) is 84.3 cm³/mol. The van der Waals surface area contributed by atoms with E-state index in [4.69, 9.17) is 0 Å². The van der Waals surface area contributed by atoms with Gasteiger partial charge in [0.1, 0.15) is 0 Å². The molecule has 2 heteroatoms. The van der Waals surface area contributed by atoms with E-state index in [1.54, 1.807) is 6.20 Å². The SMILES string of the molecule is [CH2]c1cc(-c2ccccn2)cc(-c2ccccc2C#N)c1. The number of aromatic nitrogens is 1. The molecular formula is C19H13N2. The topological polar surface area (TPSA) is 36.7 Å². The van der Waals surface area contributed by atoms with Crippen molar-refractivity contribution in [1.82, 2.24) is 4.98 Å². The summed E-state index contributed by atoms with van der Waals surface area (Å²) in [6.45, 7) is 4.04. The van der Waals surface area contributed by atoms with Gasteiger partial charge in [0.2, 0.25) is 0 Å². The summed E-state index contributed by atoms with van der Waals surface area (Å²) in [5, 5.41) is 9.26. The summed E-state index contributed by atoms with van der Waals surface area (Å²) < 4.78 is 0. The van der Waals surface area contributed by atoms with Gasteiger partial charge in [-0.05, 0) is 53.9 Å². The van der Waals surface area contributed by atoms with Crippen molar-refractivity contribution in [2.75, 3.05) is 0 Å². The first-order valence-electron chi connectivity index (χ1n) is 6.66. The van der Waals surface area contributed by atoms with Crippen molar-refractivity contribution in [2.45, 2.75) is 0 Å². The maximum Gasteiger partial charge on any atom is 0.0998 e. The quantitative estimate of drug-likeness (QED) is 0.688. The molecule has 0 saturated heterocycles. The normalized spacial score (nSPS) is 10.1. The second kappa shape index (κ2) is 5.60. The van der Waals surface area contributed by atoms with Crippen LogP contribution in [0.15, 0.2) is 66.9 Å². The third kappa shape index (κ3) is 2.68. The Morgan fingerprint density at radius 2 is 1.67 bits per heavy atom. The smallest absolute Gasteiger partial charge is 0.0998 e. The standard InChI is InChI=1S/C19H13N2/c1-14-10-16(18-7-3-2-6-15(18)13-20)12-17(11-14)19-8-4-5-9-21-19/h2-12H,1H2. The molecule has 1 heterocycles. The van der Waals surface area contributed by atoms with Crippen LogP contribution in [0.2, 0.25) is 0 Å². The largest absolute Gasteiger partial charge is 0.256 e. The van der Waals surface area contributed by atoms with Crippen molar-refractivity contribution in [3.63, 3.8) is 0 Å². The van der Waals surface area contributed by atoms with Crippen molar-refractivity contribution in [3.05, 3.63) is 84.9 Å². The zero-order chi connectivity index (χ0) is 14.7. The van der Waals surface area contributed by atoms with Gasteiger partial charge in [-0.1, -0.05) is 30.3 Å². The van der Waals surface area contributed by atoms with E-state index >= 15 is 0 Å². The van der Waals surface area contributed by atoms with Gasteiger partial charge in [-0.25, -0.2) is 0 Å². The van der Waals surface area contributed by atoms with E-state index in [1.807, 2.05) is 60.7 Å². The molecule has 99 valence electrons. The van der Waals surface area contributed by atoms with Crippen LogP contribution < -0.4 is 0 Å². The van der Waals surface area contributed by atoms with Gasteiger partial charge >= 0.3 is 0 Å². The molecule has 3 aromatic rings. The summed E-state index contributed by atoms with van der Waals surface area (Å²) in [5.41, 5.74) is 5.38. The maximum atomic E-state index is 9.26. The van der Waals surface area contributed by atoms with Crippen molar-refractivity contribution in [3.8, 4) is 28.5 Å². The molecule has 2 nitrogen and oxygen atoms in total. The second-order valence-corrected chi connectivity index (χ2v) is 4.79. The first kappa shape index (κ1) is 13.1. The van der Waals surface area contributed by atoms with Crippen LogP contribution in [0.4, 0.5) is 0 Å². The van der Waals surface area contributed by atoms with Crippen molar-refractivity contribution in [1.29, 1.82) is 5.26 Å². The van der Waals surface area contributed by atoms with Crippen molar-refractivity contribution >= 4 is 0 Å². The lowest BCUT2D eigenvalue weighted by Crippen LogP contribution is -1.88. The van der Waals surface area contributed by atoms with Crippen LogP contribution in [0.1, 0.15) is 11.1 Å². The predicted octanol–water partition coefficient (Wildman–Crippen LogP) is 4.47. The fraction of sp³-hybridized carbons (Fsp3) is 0. The van der Waals surface area contributed by atoms with Gasteiger partial charge in [-0.2, -0.15) is 5.26 Å². The van der Waals surface area contributed by atoms with Gasteiger partial charge in [0, 0.05) is 11.8 Å². The van der Waals surface area contributed by atoms with E-state index in [1.165, 1.54) is 0 Å². The van der Waals surface area contributed by atoms with Gasteiger partial charge in [-0.15, -0.1) is 0 Å². The molecule has 0 amide bonds. The summed E-state index contributed by atoms with van der Waals surface area (Å²) >= 11 is 0. The monoisotopic (exact) mass is 269 g/mol. The number of hydrogen-bond donors (Lipinski definition) is 0. The minimum atomic E-state index is 0.662. The first-order chi connectivity index (χ1) is 10.3. The molecule has 1 aromatic heterocycles. The number of benzene rings is 2. The average Bonchev–Trinajstić information content (AvgIpc) is 2.55. The molecule has 0 N–H and O–H groups in total. The Kier molecular flexibility index (Phi) is 3.49. The Morgan fingerprint density at radius 3 is 2.43 bits per heavy atom. The second-order valence-electron chi connectivity index (χ2n) is 4.79. The lowest BCUT2D eigenvalue weighted by atomic mass is 9.96. The summed E-state index contributed by atoms with van der Waals surface area (Å²) in [4.78, 5) is 4.37. The third-order valence-corrected chi connectivity index (χ3v) is 3.31. The van der Waals surface area contributed by atoms with Gasteiger partial charge < -0.3 is 0 Å². The molecule has 3 rings (SSSR count). The lowest BCUT2D eigenvalue weighted by molar-refractivity contribution is 1.32. The Morgan fingerprint density at radius 1 is 0.905 bits per heavy atom. The Bertz CT molecular complexity index is 814. The molecule has 0 aliphatic rings. The molecule has 0 spiro atoms. The van der Waals surface area contributed by atoms with Crippen molar-refractivity contribution < 1.29 is 0 Å². The van der Waals surface area contributed by atoms with Crippen LogP contribution in [-0.4, -0.2) is 4.98 Å². The summed E-state index contributed by atoms with van der Waals surface area (Å²) in [7, 11) is 0. The molecule has 0 atom stereocenters. The highest BCUT2D eigenvalue weighted by atomic mass is 14.7. The Balaban J connectivity index is 2.17. The highest BCUT2D eigenvalue weighted by Gasteiger charge is 2.07. The summed E-state index contributed by atoms with van der Waals surface area (Å²) in [5.74, 6) is 0. The number of hydrogen-bond acceptors (Lipinski definition) is 2. The van der Waals surface area contributed by atoms with Gasteiger partial charge in [-0.3, -0.25) is 4.98 Å². The van der Waals surface area contributed by atoms with Crippen molar-refractivity contribution in [2.24, 2.45) is 0 Å². The molecule has 21 heavy (non-hydrogen) atoms. The molecule has 0 unspecified atom stereocenters. The van der Waals surface area contributed by atoms with E-state index in [0.29, 0.717) is 5.56 Å². The number of pyridine rings is 1. The van der Waals surface area contributed by atoms with Crippen LogP contribution in [-0.2, 0) is 0 Å². The van der Waals surface area contributed by atoms with Gasteiger partial charge in [0.25, 0.3) is 0 Å². The molecule has 0 aliphatic carbocycles. The molecule has 1 radical (unpaired) electrons. The minimum Gasteiger partial charge on any atom is -0.256 e. The molecular weight excluding hydrogens is 256 g/mol. The Labute approximate surface area is 124 Å². The van der Waals surface area contributed by atoms with E-state index in [0.717, 1.165) is 27.9 Å². The molecule has 0 bridgehead atoms. The molecule has 0 fully saturated rings. The van der Waals surface area contributed by atoms with Crippen LogP contribution in [0.5, 0.6) is 0 Å². The van der Waals surface area contributed by atoms with Gasteiger partial charge in [0.05, 0.1) is 17.3 Å². The highest BCUT2D eigenvalue weighted by molar-refractivity contribution is 5.76. The maximum absolute atomic E-state index is 9.26. The average molecular weight is 269 g/mol. The number of nitrogens with zero attached hydrogens (tertiary/aromatic N) is 2. The summed E-state index contributed by atoms with van der Waals surface area (Å²) in [6.07, 6.45) is 1.77. The third-order valence-electron chi connectivity index (χ3n) is 3.31. The van der Waals surface area contributed by atoms with Gasteiger partial charge in [0.15, 0.2) is 0 Å². The van der Waals surface area contributed by atoms with E-state index in [-0.39, 0.29) is 0 Å². The zero-order valence-electron chi connectivity index (χ0n) is 11.5. The van der Waals surface area contributed by atoms with Crippen LogP contribution in [0, 0.1) is 18.3 Å². The first-order valence-corrected chi connectivity index (χ1v) is 6.66. The molecule has 0 aliphatic heterocycles. The number of rotatable bonds is 2. The summed E-state index contributed by atoms with van der Waals surface area (Å²) in [6, 6.07) is 21.7.